The lowest BCUT2D eigenvalue weighted by atomic mass is 9.98. The second-order valence-electron chi connectivity index (χ2n) is 12.8. The van der Waals surface area contributed by atoms with E-state index in [9.17, 15) is 17.2 Å². The molecule has 11 nitrogen and oxygen atoms in total. The van der Waals surface area contributed by atoms with Crippen molar-refractivity contribution < 1.29 is 26.3 Å². The van der Waals surface area contributed by atoms with Gasteiger partial charge in [0.2, 0.25) is 16.0 Å². The van der Waals surface area contributed by atoms with E-state index in [2.05, 4.69) is 29.8 Å². The number of rotatable bonds is 9. The largest absolute Gasteiger partial charge is 0.378 e. The maximum Gasteiger partial charge on any atom is 0.227 e. The molecule has 0 spiro atoms. The molecule has 0 amide bonds. The SMILES string of the molecule is CC(C)c1nc(C2=CC(NS(=O)(=O)C3C(F)=CC=CC3F)C(F)C=C2)c(-c2ccnc(Nc3ccc(N4CCN5CCOC[C@H]5C4)nc3)n2)s1. The first kappa shape index (κ1) is 34.5. The molecule has 5 atom stereocenters. The number of halogens is 3. The molecule has 3 aromatic rings. The Labute approximate surface area is 292 Å². The van der Waals surface area contributed by atoms with Crippen LogP contribution < -0.4 is 14.9 Å². The van der Waals surface area contributed by atoms with Gasteiger partial charge < -0.3 is 15.0 Å². The molecule has 2 aliphatic carbocycles. The van der Waals surface area contributed by atoms with Gasteiger partial charge in [0.05, 0.1) is 58.5 Å². The predicted octanol–water partition coefficient (Wildman–Crippen LogP) is 5.09. The van der Waals surface area contributed by atoms with Crippen molar-refractivity contribution in [2.45, 2.75) is 49.4 Å². The fourth-order valence-electron chi connectivity index (χ4n) is 6.33. The molecule has 0 saturated carbocycles. The molecule has 3 aromatic heterocycles. The van der Waals surface area contributed by atoms with Gasteiger partial charge >= 0.3 is 0 Å². The number of aromatic nitrogens is 4. The Morgan fingerprint density at radius 3 is 2.70 bits per heavy atom. The number of pyridine rings is 1. The lowest BCUT2D eigenvalue weighted by Crippen LogP contribution is -2.58. The summed E-state index contributed by atoms with van der Waals surface area (Å²) in [6.45, 7) is 9.18. The first-order valence-corrected chi connectivity index (χ1v) is 18.8. The number of nitrogens with one attached hydrogen (secondary N) is 2. The number of hydrogen-bond acceptors (Lipinski definition) is 11. The molecule has 2 N–H and O–H groups in total. The van der Waals surface area contributed by atoms with Crippen molar-refractivity contribution in [2.75, 3.05) is 49.6 Å². The molecule has 4 unspecified atom stereocenters. The number of sulfonamides is 1. The quantitative estimate of drug-likeness (QED) is 0.308. The van der Waals surface area contributed by atoms with E-state index in [1.807, 2.05) is 26.0 Å². The summed E-state index contributed by atoms with van der Waals surface area (Å²) in [6.07, 6.45) is 6.52. The molecule has 2 fully saturated rings. The molecule has 16 heteroatoms. The Morgan fingerprint density at radius 1 is 1.06 bits per heavy atom. The first-order chi connectivity index (χ1) is 24.1. The highest BCUT2D eigenvalue weighted by Crippen LogP contribution is 2.38. The Balaban J connectivity index is 1.11. The van der Waals surface area contributed by atoms with Gasteiger partial charge in [-0.05, 0) is 42.0 Å². The zero-order valence-electron chi connectivity index (χ0n) is 27.4. The average Bonchev–Trinajstić information content (AvgIpc) is 3.56. The van der Waals surface area contributed by atoms with Crippen LogP contribution in [0.3, 0.4) is 0 Å². The number of allylic oxidation sites excluding steroid dienone is 5. The van der Waals surface area contributed by atoms with Gasteiger partial charge in [-0.25, -0.2) is 46.2 Å². The van der Waals surface area contributed by atoms with E-state index in [1.165, 1.54) is 29.6 Å². The Hall–Kier alpha value is -3.96. The first-order valence-electron chi connectivity index (χ1n) is 16.4. The number of nitrogens with zero attached hydrogens (tertiary/aromatic N) is 6. The zero-order chi connectivity index (χ0) is 35.0. The van der Waals surface area contributed by atoms with Crippen LogP contribution in [0.15, 0.2) is 72.9 Å². The van der Waals surface area contributed by atoms with Crippen molar-refractivity contribution >= 4 is 44.4 Å². The number of hydrogen-bond donors (Lipinski definition) is 2. The Kier molecular flexibility index (Phi) is 9.89. The van der Waals surface area contributed by atoms with Crippen molar-refractivity contribution in [2.24, 2.45) is 0 Å². The van der Waals surface area contributed by atoms with Gasteiger partial charge in [0.25, 0.3) is 0 Å². The van der Waals surface area contributed by atoms with E-state index in [0.717, 1.165) is 68.4 Å². The normalized spacial score (nSPS) is 25.7. The van der Waals surface area contributed by atoms with Gasteiger partial charge in [-0.3, -0.25) is 4.90 Å². The fourth-order valence-corrected chi connectivity index (χ4v) is 8.92. The number of piperazine rings is 1. The number of thiazole rings is 1. The highest BCUT2D eigenvalue weighted by Gasteiger charge is 2.40. The van der Waals surface area contributed by atoms with Crippen molar-refractivity contribution in [3.05, 3.63) is 83.6 Å². The highest BCUT2D eigenvalue weighted by atomic mass is 32.2. The summed E-state index contributed by atoms with van der Waals surface area (Å²) in [4.78, 5) is 24.1. The number of ether oxygens (including phenoxy) is 1. The molecule has 2 aliphatic heterocycles. The highest BCUT2D eigenvalue weighted by molar-refractivity contribution is 7.90. The second-order valence-corrected chi connectivity index (χ2v) is 15.7. The second kappa shape index (κ2) is 14.3. The Bertz CT molecular complexity index is 1950. The van der Waals surface area contributed by atoms with E-state index >= 15 is 4.39 Å². The van der Waals surface area contributed by atoms with Gasteiger partial charge in [-0.1, -0.05) is 32.1 Å². The van der Waals surface area contributed by atoms with Crippen molar-refractivity contribution in [3.8, 4) is 10.6 Å². The van der Waals surface area contributed by atoms with E-state index in [0.29, 0.717) is 39.5 Å². The minimum absolute atomic E-state index is 0.0529. The van der Waals surface area contributed by atoms with E-state index in [1.54, 1.807) is 18.5 Å². The minimum Gasteiger partial charge on any atom is -0.378 e. The van der Waals surface area contributed by atoms with Crippen molar-refractivity contribution in [1.82, 2.24) is 29.6 Å². The average molecular weight is 727 g/mol. The maximum atomic E-state index is 15.1. The summed E-state index contributed by atoms with van der Waals surface area (Å²) in [5.41, 5.74) is 2.17. The summed E-state index contributed by atoms with van der Waals surface area (Å²) in [5, 5.41) is 1.91. The van der Waals surface area contributed by atoms with Gasteiger partial charge in [-0.2, -0.15) is 0 Å². The van der Waals surface area contributed by atoms with E-state index < -0.39 is 39.5 Å². The van der Waals surface area contributed by atoms with Crippen LogP contribution in [-0.4, -0.2) is 102 Å². The topological polar surface area (TPSA) is 125 Å². The fraction of sp³-hybridized carbons (Fsp3) is 0.412. The standard InChI is InChI=1S/C34H37F3N8O3S2/c1-20(2)33-42-30(21-6-8-24(35)28(16-21)43-50(46,47)32-25(36)4-3-5-26(32)37)31(49-33)27-10-11-38-34(41-27)40-22-7-9-29(39-17-22)45-13-12-44-14-15-48-19-23(44)18-45/h3-11,16-17,20,23-25,28,32,43H,12-15,18-19H2,1-2H3,(H,38,40,41)/t23-,24?,25?,28?,32?/m1/s1. The molecule has 264 valence electrons. The van der Waals surface area contributed by atoms with Crippen LogP contribution in [-0.2, 0) is 14.8 Å². The molecular formula is C34H37F3N8O3S2. The number of fused-ring (bicyclic) bond motifs is 1. The van der Waals surface area contributed by atoms with Gasteiger partial charge in [0.15, 0.2) is 5.25 Å². The molecule has 5 heterocycles. The van der Waals surface area contributed by atoms with Crippen LogP contribution in [0.25, 0.3) is 16.1 Å². The van der Waals surface area contributed by atoms with Crippen LogP contribution >= 0.6 is 11.3 Å². The monoisotopic (exact) mass is 726 g/mol. The number of alkyl halides is 2. The molecule has 0 bridgehead atoms. The molecule has 2 saturated heterocycles. The summed E-state index contributed by atoms with van der Waals surface area (Å²) in [6, 6.07) is 4.58. The third-order valence-electron chi connectivity index (χ3n) is 8.97. The zero-order valence-corrected chi connectivity index (χ0v) is 29.0. The van der Waals surface area contributed by atoms with Crippen LogP contribution in [0.5, 0.6) is 0 Å². The van der Waals surface area contributed by atoms with Gasteiger partial charge in [0.1, 0.15) is 24.0 Å². The maximum absolute atomic E-state index is 15.1. The molecule has 50 heavy (non-hydrogen) atoms. The predicted molar refractivity (Wildman–Crippen MR) is 188 cm³/mol. The van der Waals surface area contributed by atoms with Crippen molar-refractivity contribution in [3.63, 3.8) is 0 Å². The lowest BCUT2D eigenvalue weighted by molar-refractivity contribution is -0.0117. The summed E-state index contributed by atoms with van der Waals surface area (Å²) >= 11 is 1.41. The van der Waals surface area contributed by atoms with E-state index in [-0.39, 0.29) is 5.92 Å². The summed E-state index contributed by atoms with van der Waals surface area (Å²) in [7, 11) is -4.64. The van der Waals surface area contributed by atoms with Crippen molar-refractivity contribution in [1.29, 1.82) is 0 Å². The molecular weight excluding hydrogens is 690 g/mol. The molecule has 7 rings (SSSR count). The number of anilines is 3. The minimum atomic E-state index is -4.64. The molecule has 0 aromatic carbocycles. The third kappa shape index (κ3) is 7.26. The summed E-state index contributed by atoms with van der Waals surface area (Å²) in [5.74, 6) is 0.111. The molecule has 4 aliphatic rings. The van der Waals surface area contributed by atoms with Crippen LogP contribution in [0, 0.1) is 0 Å². The lowest BCUT2D eigenvalue weighted by Gasteiger charge is -2.44. The molecule has 0 radical (unpaired) electrons. The number of morpholine rings is 1. The van der Waals surface area contributed by atoms with Gasteiger partial charge in [0, 0.05) is 38.3 Å². The smallest absolute Gasteiger partial charge is 0.227 e. The van der Waals surface area contributed by atoms with Crippen LogP contribution in [0.1, 0.15) is 30.5 Å². The third-order valence-corrected chi connectivity index (χ3v) is 12.1. The van der Waals surface area contributed by atoms with Gasteiger partial charge in [-0.15, -0.1) is 11.3 Å². The summed E-state index contributed by atoms with van der Waals surface area (Å²) < 4.78 is 77.9. The Morgan fingerprint density at radius 2 is 1.92 bits per heavy atom. The van der Waals surface area contributed by atoms with Crippen LogP contribution in [0.4, 0.5) is 30.6 Å². The van der Waals surface area contributed by atoms with Crippen LogP contribution in [0.2, 0.25) is 0 Å². The van der Waals surface area contributed by atoms with E-state index in [4.69, 9.17) is 14.7 Å².